The molecule has 86 valence electrons. The van der Waals surface area contributed by atoms with Crippen LogP contribution in [0.1, 0.15) is 26.1 Å². The van der Waals surface area contributed by atoms with E-state index in [1.54, 1.807) is 17.7 Å². The highest BCUT2D eigenvalue weighted by molar-refractivity contribution is 7.89. The van der Waals surface area contributed by atoms with Crippen LogP contribution in [0.2, 0.25) is 0 Å². The van der Waals surface area contributed by atoms with Gasteiger partial charge < -0.3 is 4.57 Å². The maximum Gasteiger partial charge on any atom is 0.259 e. The summed E-state index contributed by atoms with van der Waals surface area (Å²) >= 11 is 0. The summed E-state index contributed by atoms with van der Waals surface area (Å²) in [6, 6.07) is 0. The molecule has 0 amide bonds. The summed E-state index contributed by atoms with van der Waals surface area (Å²) in [7, 11) is -3.42. The average molecular weight is 231 g/mol. The first-order valence-corrected chi connectivity index (χ1v) is 6.53. The maximum atomic E-state index is 11.7. The molecule has 0 saturated carbocycles. The van der Waals surface area contributed by atoms with Crippen molar-refractivity contribution in [2.45, 2.75) is 38.8 Å². The van der Waals surface area contributed by atoms with Crippen molar-refractivity contribution in [3.8, 4) is 0 Å². The van der Waals surface area contributed by atoms with Crippen LogP contribution >= 0.6 is 0 Å². The predicted octanol–water partition coefficient (Wildman–Crippen LogP) is 0.900. The number of nitrogens with zero attached hydrogens (tertiary/aromatic N) is 2. The Hall–Kier alpha value is -0.880. The van der Waals surface area contributed by atoms with Gasteiger partial charge in [0.05, 0.1) is 0 Å². The van der Waals surface area contributed by atoms with E-state index in [4.69, 9.17) is 0 Å². The van der Waals surface area contributed by atoms with E-state index in [0.29, 0.717) is 6.54 Å². The first-order valence-electron chi connectivity index (χ1n) is 5.04. The van der Waals surface area contributed by atoms with Gasteiger partial charge in [-0.3, -0.25) is 0 Å². The van der Waals surface area contributed by atoms with Crippen LogP contribution in [0.5, 0.6) is 0 Å². The Labute approximate surface area is 90.6 Å². The van der Waals surface area contributed by atoms with Gasteiger partial charge in [-0.25, -0.2) is 18.1 Å². The summed E-state index contributed by atoms with van der Waals surface area (Å²) in [6.45, 7) is 6.83. The summed E-state index contributed by atoms with van der Waals surface area (Å²) < 4.78 is 27.7. The standard InChI is InChI=1S/C9H17N3O2S/c1-4-6-10-15(13,14)9-7-12(5-2)8(3)11-9/h7,10H,4-6H2,1-3H3. The van der Waals surface area contributed by atoms with E-state index in [2.05, 4.69) is 9.71 Å². The molecule has 1 aromatic rings. The minimum atomic E-state index is -3.42. The molecule has 0 saturated heterocycles. The van der Waals surface area contributed by atoms with E-state index in [-0.39, 0.29) is 5.03 Å². The van der Waals surface area contributed by atoms with Crippen LogP contribution in [-0.4, -0.2) is 24.5 Å². The zero-order valence-electron chi connectivity index (χ0n) is 9.32. The lowest BCUT2D eigenvalue weighted by Crippen LogP contribution is -2.24. The Bertz CT molecular complexity index is 423. The second kappa shape index (κ2) is 4.76. The fourth-order valence-corrected chi connectivity index (χ4v) is 2.38. The van der Waals surface area contributed by atoms with Gasteiger partial charge in [0.1, 0.15) is 5.82 Å². The first-order chi connectivity index (χ1) is 7.01. The van der Waals surface area contributed by atoms with Crippen molar-refractivity contribution in [1.29, 1.82) is 0 Å². The fourth-order valence-electron chi connectivity index (χ4n) is 1.24. The van der Waals surface area contributed by atoms with Gasteiger partial charge in [-0.2, -0.15) is 0 Å². The van der Waals surface area contributed by atoms with Gasteiger partial charge in [0.25, 0.3) is 10.0 Å². The lowest BCUT2D eigenvalue weighted by Gasteiger charge is -2.00. The smallest absolute Gasteiger partial charge is 0.259 e. The number of sulfonamides is 1. The largest absolute Gasteiger partial charge is 0.334 e. The Morgan fingerprint density at radius 3 is 2.60 bits per heavy atom. The molecule has 0 fully saturated rings. The zero-order chi connectivity index (χ0) is 11.5. The quantitative estimate of drug-likeness (QED) is 0.819. The highest BCUT2D eigenvalue weighted by Gasteiger charge is 2.17. The molecule has 1 N–H and O–H groups in total. The zero-order valence-corrected chi connectivity index (χ0v) is 10.1. The summed E-state index contributed by atoms with van der Waals surface area (Å²) in [5.74, 6) is 0.717. The van der Waals surface area contributed by atoms with E-state index in [0.717, 1.165) is 18.8 Å². The topological polar surface area (TPSA) is 64.0 Å². The Morgan fingerprint density at radius 2 is 2.13 bits per heavy atom. The molecule has 0 aliphatic carbocycles. The van der Waals surface area contributed by atoms with Crippen LogP contribution < -0.4 is 4.72 Å². The van der Waals surface area contributed by atoms with E-state index >= 15 is 0 Å². The van der Waals surface area contributed by atoms with Gasteiger partial charge in [0, 0.05) is 19.3 Å². The third-order valence-electron chi connectivity index (χ3n) is 2.11. The van der Waals surface area contributed by atoms with E-state index < -0.39 is 10.0 Å². The number of rotatable bonds is 5. The minimum absolute atomic E-state index is 0.107. The molecule has 0 atom stereocenters. The van der Waals surface area contributed by atoms with Crippen molar-refractivity contribution in [3.63, 3.8) is 0 Å². The monoisotopic (exact) mass is 231 g/mol. The predicted molar refractivity (Wildman–Crippen MR) is 58.1 cm³/mol. The number of nitrogens with one attached hydrogen (secondary N) is 1. The van der Waals surface area contributed by atoms with Crippen molar-refractivity contribution < 1.29 is 8.42 Å². The second-order valence-electron chi connectivity index (χ2n) is 3.31. The molecule has 1 rings (SSSR count). The van der Waals surface area contributed by atoms with Crippen molar-refractivity contribution in [2.75, 3.05) is 6.54 Å². The summed E-state index contributed by atoms with van der Waals surface area (Å²) in [4.78, 5) is 4.02. The van der Waals surface area contributed by atoms with Crippen LogP contribution in [0.3, 0.4) is 0 Å². The fraction of sp³-hybridized carbons (Fsp3) is 0.667. The number of aryl methyl sites for hydroxylation is 2. The number of imidazole rings is 1. The van der Waals surface area contributed by atoms with Crippen LogP contribution in [0.25, 0.3) is 0 Å². The summed E-state index contributed by atoms with van der Waals surface area (Å²) in [6.07, 6.45) is 2.33. The molecule has 1 heterocycles. The molecule has 0 spiro atoms. The summed E-state index contributed by atoms with van der Waals surface area (Å²) in [5.41, 5.74) is 0. The lowest BCUT2D eigenvalue weighted by atomic mass is 10.5. The molecule has 5 nitrogen and oxygen atoms in total. The Kier molecular flexibility index (Phi) is 3.87. The van der Waals surface area contributed by atoms with Gasteiger partial charge in [0.2, 0.25) is 0 Å². The first kappa shape index (κ1) is 12.2. The van der Waals surface area contributed by atoms with Gasteiger partial charge in [-0.15, -0.1) is 0 Å². The van der Waals surface area contributed by atoms with E-state index in [1.165, 1.54) is 0 Å². The van der Waals surface area contributed by atoms with Crippen LogP contribution in [0, 0.1) is 6.92 Å². The minimum Gasteiger partial charge on any atom is -0.334 e. The van der Waals surface area contributed by atoms with Gasteiger partial charge in [0.15, 0.2) is 5.03 Å². The van der Waals surface area contributed by atoms with Gasteiger partial charge >= 0.3 is 0 Å². The van der Waals surface area contributed by atoms with Crippen LogP contribution in [0.4, 0.5) is 0 Å². The normalized spacial score (nSPS) is 11.9. The van der Waals surface area contributed by atoms with Crippen molar-refractivity contribution in [3.05, 3.63) is 12.0 Å². The van der Waals surface area contributed by atoms with Crippen LogP contribution in [0.15, 0.2) is 11.2 Å². The van der Waals surface area contributed by atoms with E-state index in [9.17, 15) is 8.42 Å². The number of hydrogen-bond donors (Lipinski definition) is 1. The van der Waals surface area contributed by atoms with Gasteiger partial charge in [-0.05, 0) is 20.3 Å². The maximum absolute atomic E-state index is 11.7. The molecule has 0 bridgehead atoms. The summed E-state index contributed by atoms with van der Waals surface area (Å²) in [5, 5.41) is 0.107. The lowest BCUT2D eigenvalue weighted by molar-refractivity contribution is 0.577. The number of aromatic nitrogens is 2. The molecule has 0 aromatic carbocycles. The molecule has 0 unspecified atom stereocenters. The highest BCUT2D eigenvalue weighted by Crippen LogP contribution is 2.08. The molecule has 0 aliphatic rings. The molecular weight excluding hydrogens is 214 g/mol. The molecule has 0 aliphatic heterocycles. The Morgan fingerprint density at radius 1 is 1.47 bits per heavy atom. The van der Waals surface area contributed by atoms with E-state index in [1.807, 2.05) is 13.8 Å². The van der Waals surface area contributed by atoms with Gasteiger partial charge in [-0.1, -0.05) is 6.92 Å². The molecule has 1 aromatic heterocycles. The molecule has 6 heteroatoms. The van der Waals surface area contributed by atoms with Crippen molar-refractivity contribution in [1.82, 2.24) is 14.3 Å². The highest BCUT2D eigenvalue weighted by atomic mass is 32.2. The molecular formula is C9H17N3O2S. The average Bonchev–Trinajstić information content (AvgIpc) is 2.57. The third-order valence-corrected chi connectivity index (χ3v) is 3.44. The second-order valence-corrected chi connectivity index (χ2v) is 5.02. The molecule has 15 heavy (non-hydrogen) atoms. The number of hydrogen-bond acceptors (Lipinski definition) is 3. The SMILES string of the molecule is CCCNS(=O)(=O)c1cn(CC)c(C)n1. The Balaban J connectivity index is 2.95. The van der Waals surface area contributed by atoms with Crippen molar-refractivity contribution >= 4 is 10.0 Å². The third kappa shape index (κ3) is 2.79. The molecule has 0 radical (unpaired) electrons. The van der Waals surface area contributed by atoms with Crippen molar-refractivity contribution in [2.24, 2.45) is 0 Å². The van der Waals surface area contributed by atoms with Crippen LogP contribution in [-0.2, 0) is 16.6 Å².